The van der Waals surface area contributed by atoms with Crippen LogP contribution in [-0.4, -0.2) is 5.78 Å². The van der Waals surface area contributed by atoms with Crippen LogP contribution in [0.25, 0.3) is 0 Å². The number of rotatable bonds is 2. The molecule has 0 aliphatic carbocycles. The van der Waals surface area contributed by atoms with Gasteiger partial charge in [0.25, 0.3) is 0 Å². The molecule has 0 atom stereocenters. The predicted octanol–water partition coefficient (Wildman–Crippen LogP) is 6.49. The number of halogens is 5. The molecule has 0 heterocycles. The highest BCUT2D eigenvalue weighted by Gasteiger charge is 2.24. The molecule has 104 valence electrons. The van der Waals surface area contributed by atoms with Crippen molar-refractivity contribution in [1.29, 1.82) is 0 Å². The maximum atomic E-state index is 12.5. The Morgan fingerprint density at radius 1 is 0.850 bits per heavy atom. The molecule has 2 aromatic rings. The largest absolute Gasteiger partial charge is 0.288 e. The number of benzene rings is 2. The van der Waals surface area contributed by atoms with Crippen molar-refractivity contribution in [3.8, 4) is 0 Å². The molecule has 6 heteroatoms. The Hall–Kier alpha value is -0.440. The smallest absolute Gasteiger partial charge is 0.196 e. The van der Waals surface area contributed by atoms with Crippen molar-refractivity contribution < 1.29 is 4.79 Å². The normalized spacial score (nSPS) is 10.7. The van der Waals surface area contributed by atoms with E-state index in [1.807, 2.05) is 13.0 Å². The Morgan fingerprint density at radius 3 is 1.85 bits per heavy atom. The molecule has 0 saturated carbocycles. The average molecular weight is 368 g/mol. The van der Waals surface area contributed by atoms with Crippen LogP contribution in [-0.2, 0) is 0 Å². The monoisotopic (exact) mass is 366 g/mol. The second kappa shape index (κ2) is 6.13. The van der Waals surface area contributed by atoms with E-state index in [-0.39, 0.29) is 36.5 Å². The minimum atomic E-state index is -0.357. The first kappa shape index (κ1) is 15.9. The summed E-state index contributed by atoms with van der Waals surface area (Å²) < 4.78 is 0. The summed E-state index contributed by atoms with van der Waals surface area (Å²) in [6.07, 6.45) is 0. The molecule has 0 spiro atoms. The highest BCUT2D eigenvalue weighted by molar-refractivity contribution is 6.56. The second-order valence-corrected chi connectivity index (χ2v) is 6.03. The van der Waals surface area contributed by atoms with E-state index in [0.717, 1.165) is 5.56 Å². The van der Waals surface area contributed by atoms with Gasteiger partial charge in [-0.05, 0) is 13.0 Å². The van der Waals surface area contributed by atoms with Gasteiger partial charge in [-0.3, -0.25) is 4.79 Å². The third-order valence-corrected chi connectivity index (χ3v) is 4.99. The fraction of sp³-hybridized carbons (Fsp3) is 0.0714. The molecule has 0 N–H and O–H groups in total. The molecule has 0 bridgehead atoms. The summed E-state index contributed by atoms with van der Waals surface area (Å²) in [5.74, 6) is -0.357. The predicted molar refractivity (Wildman–Crippen MR) is 86.1 cm³/mol. The summed E-state index contributed by atoms with van der Waals surface area (Å²) in [4.78, 5) is 12.5. The van der Waals surface area contributed by atoms with Crippen LogP contribution >= 0.6 is 58.0 Å². The lowest BCUT2D eigenvalue weighted by Gasteiger charge is -2.11. The van der Waals surface area contributed by atoms with Gasteiger partial charge in [0.2, 0.25) is 0 Å². The van der Waals surface area contributed by atoms with Gasteiger partial charge in [0.05, 0.1) is 30.7 Å². The Morgan fingerprint density at radius 2 is 1.35 bits per heavy atom. The van der Waals surface area contributed by atoms with Crippen LogP contribution in [0.2, 0.25) is 25.1 Å². The first-order chi connectivity index (χ1) is 9.34. The maximum Gasteiger partial charge on any atom is 0.196 e. The zero-order valence-electron chi connectivity index (χ0n) is 10.1. The first-order valence-electron chi connectivity index (χ1n) is 5.47. The highest BCUT2D eigenvalue weighted by atomic mass is 35.5. The van der Waals surface area contributed by atoms with Crippen molar-refractivity contribution >= 4 is 63.8 Å². The van der Waals surface area contributed by atoms with Gasteiger partial charge in [-0.15, -0.1) is 0 Å². The Labute approximate surface area is 141 Å². The van der Waals surface area contributed by atoms with Crippen molar-refractivity contribution in [1.82, 2.24) is 0 Å². The number of hydrogen-bond donors (Lipinski definition) is 0. The minimum Gasteiger partial charge on any atom is -0.288 e. The summed E-state index contributed by atoms with van der Waals surface area (Å²) in [6, 6.07) is 7.04. The van der Waals surface area contributed by atoms with Gasteiger partial charge >= 0.3 is 0 Å². The van der Waals surface area contributed by atoms with Crippen LogP contribution in [0.4, 0.5) is 0 Å². The topological polar surface area (TPSA) is 17.1 Å². The van der Waals surface area contributed by atoms with E-state index in [1.54, 1.807) is 18.2 Å². The Bertz CT molecular complexity index is 680. The standard InChI is InChI=1S/C14H7Cl5O/c1-6-3-2-4-7(5-6)14(20)8-9(15)11(17)13(19)12(18)10(8)16/h2-5H,1H3. The Balaban J connectivity index is 2.67. The van der Waals surface area contributed by atoms with Gasteiger partial charge in [0.15, 0.2) is 5.78 Å². The fourth-order valence-electron chi connectivity index (χ4n) is 1.73. The number of hydrogen-bond acceptors (Lipinski definition) is 1. The molecule has 2 rings (SSSR count). The van der Waals surface area contributed by atoms with Crippen molar-refractivity contribution in [2.75, 3.05) is 0 Å². The number of ketones is 1. The lowest BCUT2D eigenvalue weighted by molar-refractivity contribution is 0.103. The molecule has 20 heavy (non-hydrogen) atoms. The van der Waals surface area contributed by atoms with Gasteiger partial charge < -0.3 is 0 Å². The lowest BCUT2D eigenvalue weighted by atomic mass is 10.0. The van der Waals surface area contributed by atoms with Gasteiger partial charge in [-0.25, -0.2) is 0 Å². The van der Waals surface area contributed by atoms with Gasteiger partial charge in [-0.2, -0.15) is 0 Å². The van der Waals surface area contributed by atoms with Crippen molar-refractivity contribution in [2.45, 2.75) is 6.92 Å². The molecule has 2 aromatic carbocycles. The van der Waals surface area contributed by atoms with Crippen molar-refractivity contribution in [2.24, 2.45) is 0 Å². The van der Waals surface area contributed by atoms with Crippen LogP contribution in [0.5, 0.6) is 0 Å². The molecule has 0 amide bonds. The third-order valence-electron chi connectivity index (χ3n) is 2.72. The van der Waals surface area contributed by atoms with Crippen LogP contribution in [0.15, 0.2) is 24.3 Å². The molecule has 0 radical (unpaired) electrons. The van der Waals surface area contributed by atoms with E-state index in [9.17, 15) is 4.79 Å². The summed E-state index contributed by atoms with van der Waals surface area (Å²) in [5, 5.41) is 0.0525. The summed E-state index contributed by atoms with van der Waals surface area (Å²) in [6.45, 7) is 1.88. The molecule has 0 aliphatic heterocycles. The average Bonchev–Trinajstić information content (AvgIpc) is 2.43. The van der Waals surface area contributed by atoms with E-state index in [4.69, 9.17) is 58.0 Å². The zero-order chi connectivity index (χ0) is 15.0. The zero-order valence-corrected chi connectivity index (χ0v) is 13.9. The van der Waals surface area contributed by atoms with E-state index in [1.165, 1.54) is 0 Å². The van der Waals surface area contributed by atoms with Crippen LogP contribution < -0.4 is 0 Å². The van der Waals surface area contributed by atoms with E-state index in [0.29, 0.717) is 5.56 Å². The quantitative estimate of drug-likeness (QED) is 0.336. The number of carbonyl (C=O) groups is 1. The van der Waals surface area contributed by atoms with E-state index < -0.39 is 0 Å². The maximum absolute atomic E-state index is 12.5. The van der Waals surface area contributed by atoms with Gasteiger partial charge in [0, 0.05) is 5.56 Å². The second-order valence-electron chi connectivity index (χ2n) is 4.14. The van der Waals surface area contributed by atoms with Crippen molar-refractivity contribution in [3.63, 3.8) is 0 Å². The van der Waals surface area contributed by atoms with E-state index >= 15 is 0 Å². The molecule has 1 nitrogen and oxygen atoms in total. The lowest BCUT2D eigenvalue weighted by Crippen LogP contribution is -2.04. The fourth-order valence-corrected chi connectivity index (χ4v) is 3.04. The molecular weight excluding hydrogens is 361 g/mol. The molecule has 0 aromatic heterocycles. The Kier molecular flexibility index (Phi) is 4.88. The van der Waals surface area contributed by atoms with E-state index in [2.05, 4.69) is 0 Å². The molecular formula is C14H7Cl5O. The van der Waals surface area contributed by atoms with Crippen LogP contribution in [0.1, 0.15) is 21.5 Å². The van der Waals surface area contributed by atoms with Gasteiger partial charge in [0.1, 0.15) is 0 Å². The molecule has 0 aliphatic rings. The summed E-state index contributed by atoms with van der Waals surface area (Å²) >= 11 is 30.0. The third kappa shape index (κ3) is 2.79. The molecule has 0 saturated heterocycles. The number of aryl methyl sites for hydroxylation is 1. The number of carbonyl (C=O) groups excluding carboxylic acids is 1. The van der Waals surface area contributed by atoms with Crippen molar-refractivity contribution in [3.05, 3.63) is 66.1 Å². The SMILES string of the molecule is Cc1cccc(C(=O)c2c(Cl)c(Cl)c(Cl)c(Cl)c2Cl)c1. The highest BCUT2D eigenvalue weighted by Crippen LogP contribution is 2.44. The summed E-state index contributed by atoms with van der Waals surface area (Å²) in [5.41, 5.74) is 1.44. The van der Waals surface area contributed by atoms with Crippen LogP contribution in [0, 0.1) is 6.92 Å². The first-order valence-corrected chi connectivity index (χ1v) is 7.36. The van der Waals surface area contributed by atoms with Crippen LogP contribution in [0.3, 0.4) is 0 Å². The minimum absolute atomic E-state index is 0.00225. The summed E-state index contributed by atoms with van der Waals surface area (Å²) in [7, 11) is 0. The molecule has 0 unspecified atom stereocenters. The van der Waals surface area contributed by atoms with Gasteiger partial charge in [-0.1, -0.05) is 81.8 Å². The molecule has 0 fully saturated rings.